The van der Waals surface area contributed by atoms with Crippen molar-refractivity contribution in [1.82, 2.24) is 4.90 Å². The van der Waals surface area contributed by atoms with Gasteiger partial charge in [-0.1, -0.05) is 61.2 Å². The number of nitrogens with zero attached hydrogens (tertiary/aromatic N) is 3. The Balaban J connectivity index is 1.40. The number of hydrogen-bond donors (Lipinski definition) is 0. The fourth-order valence-corrected chi connectivity index (χ4v) is 5.97. The average molecular weight is 538 g/mol. The third-order valence-corrected chi connectivity index (χ3v) is 8.02. The molecule has 0 atom stereocenters. The lowest BCUT2D eigenvalue weighted by Crippen LogP contribution is -2.40. The first-order valence-corrected chi connectivity index (χ1v) is 14.0. The fourth-order valence-electron chi connectivity index (χ4n) is 4.91. The van der Waals surface area contributed by atoms with Gasteiger partial charge in [0.1, 0.15) is 6.61 Å². The first-order chi connectivity index (χ1) is 19.1. The van der Waals surface area contributed by atoms with Crippen molar-refractivity contribution < 1.29 is 14.3 Å². The maximum Gasteiger partial charge on any atom is 0.267 e. The highest BCUT2D eigenvalue weighted by Crippen LogP contribution is 2.39. The highest BCUT2D eigenvalue weighted by Gasteiger charge is 2.38. The van der Waals surface area contributed by atoms with Crippen molar-refractivity contribution in [2.75, 3.05) is 7.11 Å². The van der Waals surface area contributed by atoms with Gasteiger partial charge in [-0.05, 0) is 73.5 Å². The second kappa shape index (κ2) is 12.2. The minimum Gasteiger partial charge on any atom is -0.493 e. The predicted molar refractivity (Wildman–Crippen MR) is 156 cm³/mol. The molecule has 0 bridgehead atoms. The van der Waals surface area contributed by atoms with Gasteiger partial charge in [0.15, 0.2) is 16.7 Å². The third-order valence-electron chi connectivity index (χ3n) is 7.04. The van der Waals surface area contributed by atoms with Crippen molar-refractivity contribution in [3.8, 4) is 17.6 Å². The Morgan fingerprint density at radius 1 is 1.05 bits per heavy atom. The summed E-state index contributed by atoms with van der Waals surface area (Å²) in [6.45, 7) is 2.31. The van der Waals surface area contributed by atoms with Gasteiger partial charge in [0, 0.05) is 11.6 Å². The van der Waals surface area contributed by atoms with Crippen molar-refractivity contribution in [1.29, 1.82) is 5.26 Å². The van der Waals surface area contributed by atoms with E-state index in [1.165, 1.54) is 23.7 Å². The quantitative estimate of drug-likeness (QED) is 0.294. The van der Waals surface area contributed by atoms with Crippen LogP contribution < -0.4 is 9.47 Å². The Morgan fingerprint density at radius 2 is 1.82 bits per heavy atom. The largest absolute Gasteiger partial charge is 0.493 e. The number of benzene rings is 3. The van der Waals surface area contributed by atoms with Crippen molar-refractivity contribution in [3.05, 3.63) is 93.9 Å². The molecule has 1 saturated heterocycles. The number of aliphatic imine (C=N–C) groups is 1. The van der Waals surface area contributed by atoms with Crippen LogP contribution in [0.1, 0.15) is 54.4 Å². The highest BCUT2D eigenvalue weighted by molar-refractivity contribution is 8.18. The highest BCUT2D eigenvalue weighted by atomic mass is 32.2. The Kier molecular flexibility index (Phi) is 8.33. The zero-order valence-corrected chi connectivity index (χ0v) is 23.0. The van der Waals surface area contributed by atoms with E-state index in [2.05, 4.69) is 13.0 Å². The molecule has 1 saturated carbocycles. The van der Waals surface area contributed by atoms with Gasteiger partial charge in [0.05, 0.1) is 29.3 Å². The second-order valence-corrected chi connectivity index (χ2v) is 10.8. The van der Waals surface area contributed by atoms with Crippen LogP contribution >= 0.6 is 11.8 Å². The van der Waals surface area contributed by atoms with Crippen molar-refractivity contribution in [2.45, 2.75) is 51.7 Å². The van der Waals surface area contributed by atoms with Gasteiger partial charge in [-0.15, -0.1) is 0 Å². The molecule has 1 aliphatic carbocycles. The summed E-state index contributed by atoms with van der Waals surface area (Å²) < 4.78 is 11.6. The molecule has 0 unspecified atom stereocenters. The number of ether oxygens (including phenoxy) is 2. The molecule has 1 heterocycles. The van der Waals surface area contributed by atoms with Crippen LogP contribution in [0.3, 0.4) is 0 Å². The number of rotatable bonds is 7. The van der Waals surface area contributed by atoms with E-state index in [1.54, 1.807) is 13.2 Å². The molecule has 198 valence electrons. The zero-order chi connectivity index (χ0) is 27.2. The summed E-state index contributed by atoms with van der Waals surface area (Å²) in [4.78, 5) is 21.1. The second-order valence-electron chi connectivity index (χ2n) is 9.78. The van der Waals surface area contributed by atoms with Crippen LogP contribution in [0.25, 0.3) is 6.08 Å². The lowest BCUT2D eigenvalue weighted by Gasteiger charge is -2.30. The average Bonchev–Trinajstić information content (AvgIpc) is 3.27. The van der Waals surface area contributed by atoms with E-state index in [-0.39, 0.29) is 18.6 Å². The zero-order valence-electron chi connectivity index (χ0n) is 22.2. The first-order valence-electron chi connectivity index (χ1n) is 13.2. The normalized spacial score (nSPS) is 18.0. The molecule has 0 radical (unpaired) electrons. The topological polar surface area (TPSA) is 74.9 Å². The Hall–Kier alpha value is -4.02. The van der Waals surface area contributed by atoms with E-state index in [0.29, 0.717) is 22.0 Å². The molecule has 3 aromatic rings. The lowest BCUT2D eigenvalue weighted by molar-refractivity contribution is -0.124. The smallest absolute Gasteiger partial charge is 0.267 e. The number of methoxy groups -OCH3 is 1. The minimum atomic E-state index is 0.00478. The number of amidine groups is 1. The number of carbonyl (C=O) groups is 1. The van der Waals surface area contributed by atoms with Crippen LogP contribution in [0.4, 0.5) is 5.69 Å². The van der Waals surface area contributed by atoms with Crippen molar-refractivity contribution in [3.63, 3.8) is 0 Å². The Morgan fingerprint density at radius 3 is 2.56 bits per heavy atom. The number of hydrogen-bond acceptors (Lipinski definition) is 6. The van der Waals surface area contributed by atoms with E-state index in [0.717, 1.165) is 47.7 Å². The number of nitriles is 1. The van der Waals surface area contributed by atoms with Crippen LogP contribution in [0, 0.1) is 18.3 Å². The van der Waals surface area contributed by atoms with Crippen LogP contribution in [0.5, 0.6) is 11.5 Å². The number of aryl methyl sites for hydroxylation is 1. The van der Waals surface area contributed by atoms with Gasteiger partial charge in [0.25, 0.3) is 5.91 Å². The van der Waals surface area contributed by atoms with Crippen molar-refractivity contribution in [2.24, 2.45) is 4.99 Å². The molecule has 7 heteroatoms. The molecule has 6 nitrogen and oxygen atoms in total. The minimum absolute atomic E-state index is 0.00478. The molecular formula is C32H31N3O3S. The molecule has 0 spiro atoms. The predicted octanol–water partition coefficient (Wildman–Crippen LogP) is 7.39. The summed E-state index contributed by atoms with van der Waals surface area (Å²) in [6.07, 6.45) is 7.39. The molecule has 1 aliphatic heterocycles. The Labute approximate surface area is 234 Å². The van der Waals surface area contributed by atoms with E-state index >= 15 is 0 Å². The molecule has 39 heavy (non-hydrogen) atoms. The van der Waals surface area contributed by atoms with E-state index in [1.807, 2.05) is 71.6 Å². The fraction of sp³-hybridized carbons (Fsp3) is 0.281. The summed E-state index contributed by atoms with van der Waals surface area (Å²) in [5, 5.41) is 10.1. The maximum absolute atomic E-state index is 13.7. The molecule has 2 fully saturated rings. The molecule has 5 rings (SSSR count). The first kappa shape index (κ1) is 26.6. The number of amides is 1. The van der Waals surface area contributed by atoms with Gasteiger partial charge < -0.3 is 9.47 Å². The standard InChI is InChI=1S/C32H31N3O3S/c1-22-12-15-26(16-13-22)34-32-35(27-10-4-3-5-11-27)31(36)30(39-32)19-23-14-17-28(29(18-23)37-2)38-21-25-9-7-6-8-24(25)20-33/h6-9,12-19,27H,3-5,10-11,21H2,1-2H3/b30-19+,34-32?. The van der Waals surface area contributed by atoms with Crippen LogP contribution in [0.2, 0.25) is 0 Å². The van der Waals surface area contributed by atoms with Crippen LogP contribution in [0.15, 0.2) is 76.6 Å². The molecule has 1 amide bonds. The number of carbonyl (C=O) groups excluding carboxylic acids is 1. The van der Waals surface area contributed by atoms with Gasteiger partial charge in [-0.3, -0.25) is 9.69 Å². The Bertz CT molecular complexity index is 1450. The molecule has 0 aromatic heterocycles. The number of thioether (sulfide) groups is 1. The molecule has 3 aromatic carbocycles. The van der Waals surface area contributed by atoms with Crippen LogP contribution in [-0.2, 0) is 11.4 Å². The monoisotopic (exact) mass is 537 g/mol. The maximum atomic E-state index is 13.7. The van der Waals surface area contributed by atoms with E-state index < -0.39 is 0 Å². The molecule has 2 aliphatic rings. The van der Waals surface area contributed by atoms with E-state index in [9.17, 15) is 10.1 Å². The van der Waals surface area contributed by atoms with Gasteiger partial charge in [0.2, 0.25) is 0 Å². The molecular weight excluding hydrogens is 506 g/mol. The SMILES string of the molecule is COc1cc(/C=C2/SC(=Nc3ccc(C)cc3)N(C3CCCCC3)C2=O)ccc1OCc1ccccc1C#N. The van der Waals surface area contributed by atoms with E-state index in [4.69, 9.17) is 14.5 Å². The summed E-state index contributed by atoms with van der Waals surface area (Å²) in [7, 11) is 1.59. The van der Waals surface area contributed by atoms with Gasteiger partial charge >= 0.3 is 0 Å². The van der Waals surface area contributed by atoms with Gasteiger partial charge in [-0.25, -0.2) is 4.99 Å². The van der Waals surface area contributed by atoms with Crippen molar-refractivity contribution >= 4 is 34.6 Å². The summed E-state index contributed by atoms with van der Waals surface area (Å²) >= 11 is 1.43. The molecule has 0 N–H and O–H groups in total. The summed E-state index contributed by atoms with van der Waals surface area (Å²) in [5.41, 5.74) is 4.26. The lowest BCUT2D eigenvalue weighted by atomic mass is 9.94. The third kappa shape index (κ3) is 6.18. The summed E-state index contributed by atoms with van der Waals surface area (Å²) in [6, 6.07) is 23.4. The van der Waals surface area contributed by atoms with Gasteiger partial charge in [-0.2, -0.15) is 5.26 Å². The summed E-state index contributed by atoms with van der Waals surface area (Å²) in [5.74, 6) is 1.14. The van der Waals surface area contributed by atoms with Crippen LogP contribution in [-0.4, -0.2) is 29.1 Å².